The van der Waals surface area contributed by atoms with Crippen LogP contribution in [0.25, 0.3) is 0 Å². The average molecular weight is 380 g/mol. The Kier molecular flexibility index (Phi) is 8.44. The van der Waals surface area contributed by atoms with Gasteiger partial charge in [0, 0.05) is 41.1 Å². The molecule has 0 atom stereocenters. The highest BCUT2D eigenvalue weighted by molar-refractivity contribution is 7.89. The third-order valence-electron chi connectivity index (χ3n) is 3.13. The molecule has 0 bridgehead atoms. The van der Waals surface area contributed by atoms with Crippen LogP contribution in [-0.4, -0.2) is 47.2 Å². The Morgan fingerprint density at radius 3 is 2.17 bits per heavy atom. The zero-order valence-corrected chi connectivity index (χ0v) is 16.1. The van der Waals surface area contributed by atoms with E-state index in [4.69, 9.17) is 38.2 Å². The van der Waals surface area contributed by atoms with Gasteiger partial charge in [0.15, 0.2) is 0 Å². The van der Waals surface area contributed by atoms with Crippen LogP contribution in [0, 0.1) is 12.3 Å². The molecule has 1 heterocycles. The molecular formula is C14H22O8P2. The normalized spacial score (nSPS) is 12.2. The summed E-state index contributed by atoms with van der Waals surface area (Å²) in [6, 6.07) is 1.58. The Morgan fingerprint density at radius 1 is 1.12 bits per heavy atom. The predicted octanol–water partition coefficient (Wildman–Crippen LogP) is 3.10. The van der Waals surface area contributed by atoms with Crippen LogP contribution >= 0.6 is 15.2 Å². The molecular weight excluding hydrogens is 358 g/mol. The van der Waals surface area contributed by atoms with Gasteiger partial charge in [-0.3, -0.25) is 4.57 Å². The second-order valence-corrected chi connectivity index (χ2v) is 9.25. The maximum Gasteiger partial charge on any atom is 0.368 e. The van der Waals surface area contributed by atoms with E-state index in [9.17, 15) is 4.57 Å². The summed E-state index contributed by atoms with van der Waals surface area (Å²) in [5, 5.41) is 0.0977. The van der Waals surface area contributed by atoms with Gasteiger partial charge in [0.25, 0.3) is 7.57 Å². The van der Waals surface area contributed by atoms with Crippen molar-refractivity contribution in [1.82, 2.24) is 0 Å². The molecule has 24 heavy (non-hydrogen) atoms. The lowest BCUT2D eigenvalue weighted by atomic mass is 10.3. The Bertz CT molecular complexity index is 646. The lowest BCUT2D eigenvalue weighted by Gasteiger charge is -2.27. The number of hydrogen-bond donors (Lipinski definition) is 0. The van der Waals surface area contributed by atoms with Crippen molar-refractivity contribution in [3.63, 3.8) is 0 Å². The molecule has 0 unspecified atom stereocenters. The number of hydrogen-bond acceptors (Lipinski definition) is 8. The largest absolute Gasteiger partial charge is 0.466 e. The molecule has 1 rings (SSSR count). The molecule has 0 fully saturated rings. The Labute approximate surface area is 142 Å². The van der Waals surface area contributed by atoms with Crippen LogP contribution in [0.15, 0.2) is 16.7 Å². The predicted molar refractivity (Wildman–Crippen MR) is 90.9 cm³/mol. The summed E-state index contributed by atoms with van der Waals surface area (Å²) in [5.41, 5.74) is 0.401. The quantitative estimate of drug-likeness (QED) is 0.348. The molecule has 0 spiro atoms. The molecule has 8 nitrogen and oxygen atoms in total. The zero-order chi connectivity index (χ0) is 18.2. The van der Waals surface area contributed by atoms with Gasteiger partial charge in [-0.1, -0.05) is 5.92 Å². The first-order valence-corrected chi connectivity index (χ1v) is 9.80. The number of ether oxygens (including phenoxy) is 1. The second-order valence-electron chi connectivity index (χ2n) is 4.19. The summed E-state index contributed by atoms with van der Waals surface area (Å²) in [5.74, 6) is 2.72. The van der Waals surface area contributed by atoms with Crippen LogP contribution in [-0.2, 0) is 38.5 Å². The molecule has 0 saturated heterocycles. The van der Waals surface area contributed by atoms with Crippen molar-refractivity contribution in [3.05, 3.63) is 23.7 Å². The minimum absolute atomic E-state index is 0.0562. The SMILES string of the molecule is C#CCOCc1occc1C(P(=O)(OC)OC)=P(OC)(OC)OC. The molecule has 0 saturated carbocycles. The average Bonchev–Trinajstić information content (AvgIpc) is 3.07. The maximum atomic E-state index is 13.1. The molecule has 0 amide bonds. The van der Waals surface area contributed by atoms with Gasteiger partial charge in [-0.2, -0.15) is 0 Å². The van der Waals surface area contributed by atoms with E-state index in [1.165, 1.54) is 41.8 Å². The molecule has 10 heteroatoms. The fraction of sp³-hybridized carbons (Fsp3) is 0.500. The van der Waals surface area contributed by atoms with Crippen LogP contribution in [0.3, 0.4) is 0 Å². The van der Waals surface area contributed by atoms with Crippen molar-refractivity contribution in [3.8, 4) is 12.3 Å². The van der Waals surface area contributed by atoms with Crippen LogP contribution in [0.4, 0.5) is 0 Å². The van der Waals surface area contributed by atoms with Crippen molar-refractivity contribution in [2.24, 2.45) is 0 Å². The van der Waals surface area contributed by atoms with Crippen LogP contribution in [0.2, 0.25) is 0 Å². The van der Waals surface area contributed by atoms with E-state index >= 15 is 0 Å². The van der Waals surface area contributed by atoms with Crippen LogP contribution in [0.5, 0.6) is 0 Å². The molecule has 0 aliphatic heterocycles. The molecule has 1 aromatic heterocycles. The van der Waals surface area contributed by atoms with E-state index < -0.39 is 15.2 Å². The number of terminal acetylenes is 1. The summed E-state index contributed by atoms with van der Waals surface area (Å²) in [6.07, 6.45) is 6.57. The molecule has 0 aromatic carbocycles. The van der Waals surface area contributed by atoms with Crippen molar-refractivity contribution in [2.45, 2.75) is 6.61 Å². The van der Waals surface area contributed by atoms with Crippen molar-refractivity contribution >= 4 is 20.2 Å². The van der Waals surface area contributed by atoms with Crippen molar-refractivity contribution in [2.75, 3.05) is 42.2 Å². The van der Waals surface area contributed by atoms with Crippen molar-refractivity contribution in [1.29, 1.82) is 0 Å². The summed E-state index contributed by atoms with van der Waals surface area (Å²) in [4.78, 5) is 0. The third-order valence-corrected chi connectivity index (χ3v) is 8.52. The molecule has 0 N–H and O–H groups in total. The highest BCUT2D eigenvalue weighted by Crippen LogP contribution is 2.64. The van der Waals surface area contributed by atoms with Gasteiger partial charge in [-0.15, -0.1) is 6.42 Å². The van der Waals surface area contributed by atoms with Crippen molar-refractivity contribution < 1.29 is 36.3 Å². The highest BCUT2D eigenvalue weighted by Gasteiger charge is 2.42. The number of furan rings is 1. The Hall–Kier alpha value is -0.870. The lowest BCUT2D eigenvalue weighted by Crippen LogP contribution is -2.13. The fourth-order valence-electron chi connectivity index (χ4n) is 2.03. The minimum atomic E-state index is -3.78. The Morgan fingerprint density at radius 2 is 1.71 bits per heavy atom. The van der Waals surface area contributed by atoms with E-state index in [1.807, 2.05) is 0 Å². The molecule has 0 aliphatic carbocycles. The Balaban J connectivity index is 3.64. The second kappa shape index (κ2) is 9.57. The fourth-order valence-corrected chi connectivity index (χ4v) is 6.90. The molecule has 136 valence electrons. The zero-order valence-electron chi connectivity index (χ0n) is 14.3. The maximum absolute atomic E-state index is 13.1. The molecule has 0 aliphatic rings. The van der Waals surface area contributed by atoms with Gasteiger partial charge in [-0.25, -0.2) is 0 Å². The number of rotatable bonds is 10. The summed E-state index contributed by atoms with van der Waals surface area (Å²) >= 11 is 0. The standard InChI is InChI=1S/C14H22O8P2/c1-7-9-21-11-13-12(8-10-22-13)14(23(15,16-2)17-3)24(18-4,19-5)20-6/h1,8,10H,9,11H2,2-6H3. The third kappa shape index (κ3) is 4.20. The lowest BCUT2D eigenvalue weighted by molar-refractivity contribution is 0.136. The van der Waals surface area contributed by atoms with Crippen LogP contribution in [0.1, 0.15) is 11.3 Å². The van der Waals surface area contributed by atoms with Crippen LogP contribution < -0.4 is 0 Å². The van der Waals surface area contributed by atoms with Gasteiger partial charge in [0.2, 0.25) is 0 Å². The molecule has 0 radical (unpaired) electrons. The first-order valence-electron chi connectivity index (χ1n) is 6.72. The first kappa shape index (κ1) is 21.2. The highest BCUT2D eigenvalue weighted by atomic mass is 31.2. The van der Waals surface area contributed by atoms with Gasteiger partial charge < -0.3 is 31.8 Å². The van der Waals surface area contributed by atoms with Gasteiger partial charge >= 0.3 is 7.60 Å². The van der Waals surface area contributed by atoms with E-state index in [0.29, 0.717) is 11.3 Å². The minimum Gasteiger partial charge on any atom is -0.466 e. The monoisotopic (exact) mass is 380 g/mol. The van der Waals surface area contributed by atoms with E-state index in [1.54, 1.807) is 6.07 Å². The first-order chi connectivity index (χ1) is 11.5. The van der Waals surface area contributed by atoms with Gasteiger partial charge in [-0.05, 0) is 6.07 Å². The van der Waals surface area contributed by atoms with E-state index in [-0.39, 0.29) is 18.2 Å². The smallest absolute Gasteiger partial charge is 0.368 e. The summed E-state index contributed by atoms with van der Waals surface area (Å²) in [7, 11) is -0.336. The summed E-state index contributed by atoms with van der Waals surface area (Å²) < 4.78 is 50.4. The summed E-state index contributed by atoms with van der Waals surface area (Å²) in [6.45, 7) is 0.154. The van der Waals surface area contributed by atoms with Gasteiger partial charge in [0.1, 0.15) is 24.0 Å². The van der Waals surface area contributed by atoms with Gasteiger partial charge in [0.05, 0.1) is 6.26 Å². The molecule has 1 aromatic rings. The van der Waals surface area contributed by atoms with E-state index in [2.05, 4.69) is 5.92 Å². The topological polar surface area (TPSA) is 85.6 Å². The van der Waals surface area contributed by atoms with E-state index in [0.717, 1.165) is 0 Å².